The van der Waals surface area contributed by atoms with Crippen molar-refractivity contribution in [2.24, 2.45) is 0 Å². The quantitative estimate of drug-likeness (QED) is 0.266. The van der Waals surface area contributed by atoms with E-state index < -0.39 is 0 Å². The van der Waals surface area contributed by atoms with E-state index in [0.717, 1.165) is 75.0 Å². The number of rotatable bonds is 15. The molecule has 0 radical (unpaired) electrons. The van der Waals surface area contributed by atoms with Crippen LogP contribution in [0.3, 0.4) is 0 Å². The molecular weight excluding hydrogens is 372 g/mol. The van der Waals surface area contributed by atoms with Gasteiger partial charge in [0.1, 0.15) is 5.75 Å². The van der Waals surface area contributed by atoms with E-state index in [1.54, 1.807) is 0 Å². The van der Waals surface area contributed by atoms with Crippen LogP contribution in [0, 0.1) is 6.92 Å². The highest BCUT2D eigenvalue weighted by Gasteiger charge is 2.23. The molecule has 4 heteroatoms. The largest absolute Gasteiger partial charge is 0.493 e. The molecule has 0 unspecified atom stereocenters. The van der Waals surface area contributed by atoms with E-state index in [9.17, 15) is 4.79 Å². The lowest BCUT2D eigenvalue weighted by Crippen LogP contribution is -2.49. The molecule has 0 saturated carbocycles. The second-order valence-electron chi connectivity index (χ2n) is 9.66. The monoisotopic (exact) mass is 419 g/mol. The Morgan fingerprint density at radius 2 is 1.67 bits per heavy atom. The van der Waals surface area contributed by atoms with Crippen LogP contribution in [0.25, 0.3) is 0 Å². The molecule has 1 aromatic carbocycles. The van der Waals surface area contributed by atoms with Crippen molar-refractivity contribution in [2.45, 2.75) is 79.1 Å². The van der Waals surface area contributed by atoms with Gasteiger partial charge >= 0.3 is 0 Å². The van der Waals surface area contributed by atoms with Crippen LogP contribution in [0.4, 0.5) is 0 Å². The number of hydrogen-bond donors (Lipinski definition) is 0. The van der Waals surface area contributed by atoms with Crippen LogP contribution >= 0.6 is 0 Å². The van der Waals surface area contributed by atoms with Gasteiger partial charge in [0, 0.05) is 13.1 Å². The van der Waals surface area contributed by atoms with Crippen LogP contribution in [-0.2, 0) is 4.79 Å². The van der Waals surface area contributed by atoms with Crippen molar-refractivity contribution in [1.29, 1.82) is 0 Å². The van der Waals surface area contributed by atoms with Gasteiger partial charge in [-0.3, -0.25) is 4.79 Å². The number of carbonyl (C=O) groups is 1. The third kappa shape index (κ3) is 9.97. The van der Waals surface area contributed by atoms with Crippen molar-refractivity contribution in [2.75, 3.05) is 46.9 Å². The van der Waals surface area contributed by atoms with Crippen molar-refractivity contribution in [3.63, 3.8) is 0 Å². The fourth-order valence-corrected chi connectivity index (χ4v) is 3.67. The van der Waals surface area contributed by atoms with Crippen molar-refractivity contribution in [1.82, 2.24) is 4.90 Å². The molecule has 172 valence electrons. The minimum absolute atomic E-state index is 0.305. The molecule has 0 aliphatic rings. The Hall–Kier alpha value is -1.55. The highest BCUT2D eigenvalue weighted by atomic mass is 16.5. The molecule has 0 aliphatic heterocycles. The molecule has 1 aromatic rings. The Morgan fingerprint density at radius 1 is 1.03 bits per heavy atom. The van der Waals surface area contributed by atoms with Crippen molar-refractivity contribution < 1.29 is 14.0 Å². The maximum Gasteiger partial charge on any atom is 0.277 e. The lowest BCUT2D eigenvalue weighted by atomic mass is 10.0. The van der Waals surface area contributed by atoms with E-state index in [-0.39, 0.29) is 0 Å². The molecule has 0 aromatic heterocycles. The lowest BCUT2D eigenvalue weighted by Gasteiger charge is -2.32. The summed E-state index contributed by atoms with van der Waals surface area (Å²) in [7, 11) is 4.35. The topological polar surface area (TPSA) is 29.5 Å². The van der Waals surface area contributed by atoms with E-state index in [1.165, 1.54) is 11.1 Å². The highest BCUT2D eigenvalue weighted by Crippen LogP contribution is 2.27. The number of carbonyl (C=O) groups excluding carboxylic acids is 1. The van der Waals surface area contributed by atoms with Crippen LogP contribution in [0.5, 0.6) is 5.75 Å². The van der Waals surface area contributed by atoms with Gasteiger partial charge in [0.2, 0.25) is 0 Å². The van der Waals surface area contributed by atoms with Gasteiger partial charge in [-0.2, -0.15) is 0 Å². The number of aryl methyl sites for hydroxylation is 1. The van der Waals surface area contributed by atoms with Gasteiger partial charge in [0.15, 0.2) is 6.54 Å². The van der Waals surface area contributed by atoms with Gasteiger partial charge < -0.3 is 14.1 Å². The number of hydrogen-bond acceptors (Lipinski definition) is 2. The average molecular weight is 420 g/mol. The first-order chi connectivity index (χ1) is 14.2. The first-order valence-corrected chi connectivity index (χ1v) is 12.0. The molecule has 30 heavy (non-hydrogen) atoms. The Balaban J connectivity index is 2.46. The number of amides is 1. The second-order valence-corrected chi connectivity index (χ2v) is 9.66. The molecule has 0 atom stereocenters. The van der Waals surface area contributed by atoms with E-state index in [4.69, 9.17) is 4.74 Å². The summed E-state index contributed by atoms with van der Waals surface area (Å²) in [4.78, 5) is 14.9. The van der Waals surface area contributed by atoms with E-state index in [0.29, 0.717) is 18.4 Å². The summed E-state index contributed by atoms with van der Waals surface area (Å²) < 4.78 is 6.87. The predicted octanol–water partition coefficient (Wildman–Crippen LogP) is 5.78. The van der Waals surface area contributed by atoms with Crippen molar-refractivity contribution in [3.05, 3.63) is 29.3 Å². The minimum atomic E-state index is 0.305. The summed E-state index contributed by atoms with van der Waals surface area (Å²) in [5.74, 6) is 1.79. The Bertz CT molecular complexity index is 617. The molecular formula is C26H47N2O2+. The maximum absolute atomic E-state index is 12.9. The summed E-state index contributed by atoms with van der Waals surface area (Å²) in [5, 5.41) is 0. The first kappa shape index (κ1) is 26.5. The first-order valence-electron chi connectivity index (χ1n) is 12.0. The fraction of sp³-hybridized carbons (Fsp3) is 0.731. The molecule has 0 bridgehead atoms. The van der Waals surface area contributed by atoms with Gasteiger partial charge in [-0.25, -0.2) is 0 Å². The van der Waals surface area contributed by atoms with E-state index in [2.05, 4.69) is 71.8 Å². The SMILES string of the molecule is CCCCN(CCCC)C(=O)C[N+](C)(C)CCCCOc1cc(C)ccc1C(C)C. The zero-order valence-corrected chi connectivity index (χ0v) is 20.8. The highest BCUT2D eigenvalue weighted by molar-refractivity contribution is 5.77. The number of ether oxygens (including phenoxy) is 1. The van der Waals surface area contributed by atoms with Crippen LogP contribution < -0.4 is 4.74 Å². The summed E-state index contributed by atoms with van der Waals surface area (Å²) in [6, 6.07) is 6.49. The van der Waals surface area contributed by atoms with Crippen LogP contribution in [-0.4, -0.2) is 62.2 Å². The number of quaternary nitrogens is 1. The van der Waals surface area contributed by atoms with Gasteiger partial charge in [0.05, 0.1) is 27.2 Å². The van der Waals surface area contributed by atoms with Gasteiger partial charge in [-0.1, -0.05) is 52.7 Å². The average Bonchev–Trinajstić information content (AvgIpc) is 2.67. The predicted molar refractivity (Wildman–Crippen MR) is 128 cm³/mol. The van der Waals surface area contributed by atoms with E-state index in [1.807, 2.05) is 0 Å². The summed E-state index contributed by atoms with van der Waals surface area (Å²) in [6.07, 6.45) is 6.53. The zero-order chi connectivity index (χ0) is 22.6. The molecule has 1 amide bonds. The molecule has 0 heterocycles. The summed E-state index contributed by atoms with van der Waals surface area (Å²) in [6.45, 7) is 15.0. The van der Waals surface area contributed by atoms with Gasteiger partial charge in [-0.05, 0) is 55.7 Å². The fourth-order valence-electron chi connectivity index (χ4n) is 3.67. The molecule has 0 aliphatic carbocycles. The van der Waals surface area contributed by atoms with Gasteiger partial charge in [-0.15, -0.1) is 0 Å². The molecule has 1 rings (SSSR count). The Labute approximate surface area is 186 Å². The number of benzene rings is 1. The molecule has 0 fully saturated rings. The Kier molecular flexibility index (Phi) is 12.1. The number of unbranched alkanes of at least 4 members (excludes halogenated alkanes) is 3. The van der Waals surface area contributed by atoms with Crippen LogP contribution in [0.1, 0.15) is 83.3 Å². The molecule has 0 saturated heterocycles. The molecule has 4 nitrogen and oxygen atoms in total. The number of likely N-dealkylation sites (N-methyl/N-ethyl adjacent to an activating group) is 1. The third-order valence-electron chi connectivity index (χ3n) is 5.69. The van der Waals surface area contributed by atoms with Crippen LogP contribution in [0.2, 0.25) is 0 Å². The van der Waals surface area contributed by atoms with Crippen molar-refractivity contribution in [3.8, 4) is 5.75 Å². The normalized spacial score (nSPS) is 11.7. The second kappa shape index (κ2) is 13.7. The lowest BCUT2D eigenvalue weighted by molar-refractivity contribution is -0.883. The number of nitrogens with zero attached hydrogens (tertiary/aromatic N) is 2. The van der Waals surface area contributed by atoms with Crippen molar-refractivity contribution >= 4 is 5.91 Å². The zero-order valence-electron chi connectivity index (χ0n) is 20.8. The molecule has 0 spiro atoms. The summed E-state index contributed by atoms with van der Waals surface area (Å²) in [5.41, 5.74) is 2.52. The van der Waals surface area contributed by atoms with E-state index >= 15 is 0 Å². The summed E-state index contributed by atoms with van der Waals surface area (Å²) >= 11 is 0. The van der Waals surface area contributed by atoms with Crippen LogP contribution in [0.15, 0.2) is 18.2 Å². The maximum atomic E-state index is 12.9. The third-order valence-corrected chi connectivity index (χ3v) is 5.69. The minimum Gasteiger partial charge on any atom is -0.493 e. The smallest absolute Gasteiger partial charge is 0.277 e. The molecule has 0 N–H and O–H groups in total. The van der Waals surface area contributed by atoms with Gasteiger partial charge in [0.25, 0.3) is 5.91 Å². The Morgan fingerprint density at radius 3 is 2.23 bits per heavy atom. The standard InChI is InChI=1S/C26H47N2O2/c1-8-10-16-27(17-11-9-2)26(29)21-28(6,7)18-12-13-19-30-25-20-23(5)14-15-24(25)22(3)4/h14-15,20,22H,8-13,16-19,21H2,1-7H3/q+1.